The zero-order chi connectivity index (χ0) is 25.5. The van der Waals surface area contributed by atoms with Gasteiger partial charge in [0.2, 0.25) is 0 Å². The van der Waals surface area contributed by atoms with Crippen LogP contribution in [0.2, 0.25) is 5.02 Å². The number of rotatable bonds is 4. The molecule has 4 aromatic heterocycles. The summed E-state index contributed by atoms with van der Waals surface area (Å²) in [7, 11) is 0. The molecular formula is C26H19ClN10O. The molecule has 2 aromatic carbocycles. The Balaban J connectivity index is 1.20. The molecule has 0 bridgehead atoms. The molecule has 4 N–H and O–H groups in total. The summed E-state index contributed by atoms with van der Waals surface area (Å²) in [6.07, 6.45) is 4.38. The highest BCUT2D eigenvalue weighted by atomic mass is 35.5. The lowest BCUT2D eigenvalue weighted by atomic mass is 10.0. The zero-order valence-electron chi connectivity index (χ0n) is 19.7. The number of hydrogen-bond acceptors (Lipinski definition) is 7. The monoisotopic (exact) mass is 522 g/mol. The maximum absolute atomic E-state index is 13.6. The number of H-pyrrole nitrogens is 2. The minimum absolute atomic E-state index is 0.0668. The fourth-order valence-electron chi connectivity index (χ4n) is 5.84. The summed E-state index contributed by atoms with van der Waals surface area (Å²) < 4.78 is 3.47. The molecule has 12 heteroatoms. The van der Waals surface area contributed by atoms with E-state index in [1.54, 1.807) is 16.8 Å². The SMILES string of the molecule is Nc1n[nH]c2cc(-c3ncc(C4C5CC5c5cc(-c6cc(Cl)ccc6-n6cnnn6)cc(=O)n54)[nH]3)ccc12. The molecule has 38 heavy (non-hydrogen) atoms. The number of imidazole rings is 1. The van der Waals surface area contributed by atoms with Gasteiger partial charge in [-0.25, -0.2) is 4.98 Å². The Labute approximate surface area is 219 Å². The first-order chi connectivity index (χ1) is 18.5. The molecule has 1 aliphatic heterocycles. The molecule has 6 aromatic rings. The normalized spacial score (nSPS) is 19.6. The van der Waals surface area contributed by atoms with Crippen molar-refractivity contribution in [2.24, 2.45) is 5.92 Å². The van der Waals surface area contributed by atoms with Crippen molar-refractivity contribution < 1.29 is 0 Å². The Kier molecular flexibility index (Phi) is 4.28. The second-order valence-corrected chi connectivity index (χ2v) is 10.2. The van der Waals surface area contributed by atoms with E-state index in [1.807, 2.05) is 41.1 Å². The third-order valence-corrected chi connectivity index (χ3v) is 7.88. The van der Waals surface area contributed by atoms with Gasteiger partial charge in [0.25, 0.3) is 5.56 Å². The fraction of sp³-hybridized carbons (Fsp3) is 0.154. The van der Waals surface area contributed by atoms with Crippen LogP contribution in [0, 0.1) is 5.92 Å². The smallest absolute Gasteiger partial charge is 0.251 e. The Morgan fingerprint density at radius 2 is 2.00 bits per heavy atom. The van der Waals surface area contributed by atoms with Crippen molar-refractivity contribution in [1.29, 1.82) is 0 Å². The van der Waals surface area contributed by atoms with Crippen molar-refractivity contribution in [3.05, 3.63) is 87.8 Å². The van der Waals surface area contributed by atoms with Crippen molar-refractivity contribution in [1.82, 2.24) is 44.9 Å². The average molecular weight is 523 g/mol. The van der Waals surface area contributed by atoms with Crippen LogP contribution < -0.4 is 11.3 Å². The predicted molar refractivity (Wildman–Crippen MR) is 141 cm³/mol. The van der Waals surface area contributed by atoms with E-state index in [0.717, 1.165) is 56.9 Å². The van der Waals surface area contributed by atoms with Crippen LogP contribution in [0.15, 0.2) is 65.8 Å². The number of hydrogen-bond donors (Lipinski definition) is 3. The summed E-state index contributed by atoms with van der Waals surface area (Å²) in [4.78, 5) is 21.7. The summed E-state index contributed by atoms with van der Waals surface area (Å²) in [5.41, 5.74) is 11.9. The van der Waals surface area contributed by atoms with Crippen LogP contribution in [-0.2, 0) is 0 Å². The standard InChI is InChI=1S/C26H19ClN10O/c27-14-2-4-21(36-11-30-34-35-36)16(8-14)13-6-22-17-9-18(17)24(37(22)23(38)7-13)20-10-29-26(31-20)12-1-3-15-19(5-12)32-33-25(15)28/h1-8,10-11,17-18,24H,9H2,(H,29,31)(H3,28,32,33). The number of nitrogen functional groups attached to an aromatic ring is 1. The zero-order valence-corrected chi connectivity index (χ0v) is 20.5. The van der Waals surface area contributed by atoms with Crippen molar-refractivity contribution in [3.8, 4) is 28.2 Å². The Hall–Kier alpha value is -4.77. The summed E-state index contributed by atoms with van der Waals surface area (Å²) in [5, 5.41) is 20.0. The van der Waals surface area contributed by atoms with E-state index >= 15 is 0 Å². The summed E-state index contributed by atoms with van der Waals surface area (Å²) in [5.74, 6) is 1.87. The lowest BCUT2D eigenvalue weighted by Gasteiger charge is -2.18. The van der Waals surface area contributed by atoms with E-state index in [4.69, 9.17) is 17.3 Å². The number of pyridine rings is 1. The minimum Gasteiger partial charge on any atom is -0.382 e. The van der Waals surface area contributed by atoms with Crippen molar-refractivity contribution in [3.63, 3.8) is 0 Å². The van der Waals surface area contributed by atoms with Crippen LogP contribution >= 0.6 is 11.6 Å². The van der Waals surface area contributed by atoms with E-state index in [1.165, 1.54) is 6.33 Å². The number of halogens is 1. The molecule has 3 atom stereocenters. The van der Waals surface area contributed by atoms with Crippen molar-refractivity contribution >= 4 is 28.3 Å². The molecule has 186 valence electrons. The lowest BCUT2D eigenvalue weighted by molar-refractivity contribution is 0.528. The first-order valence-electron chi connectivity index (χ1n) is 12.1. The van der Waals surface area contributed by atoms with E-state index in [9.17, 15) is 4.79 Å². The summed E-state index contributed by atoms with van der Waals surface area (Å²) >= 11 is 6.34. The van der Waals surface area contributed by atoms with Crippen LogP contribution in [0.5, 0.6) is 0 Å². The van der Waals surface area contributed by atoms with Gasteiger partial charge in [0.15, 0.2) is 5.82 Å². The van der Waals surface area contributed by atoms with Gasteiger partial charge in [0.05, 0.1) is 29.1 Å². The molecular weight excluding hydrogens is 504 g/mol. The van der Waals surface area contributed by atoms with Gasteiger partial charge in [0.1, 0.15) is 12.2 Å². The quantitative estimate of drug-likeness (QED) is 0.319. The number of anilines is 1. The number of tetrazole rings is 1. The topological polar surface area (TPSA) is 149 Å². The molecule has 0 amide bonds. The maximum atomic E-state index is 13.6. The lowest BCUT2D eigenvalue weighted by Crippen LogP contribution is -2.26. The van der Waals surface area contributed by atoms with E-state index in [0.29, 0.717) is 22.7 Å². The Morgan fingerprint density at radius 3 is 2.87 bits per heavy atom. The predicted octanol–water partition coefficient (Wildman–Crippen LogP) is 3.70. The summed E-state index contributed by atoms with van der Waals surface area (Å²) in [6, 6.07) is 15.0. The molecule has 8 rings (SSSR count). The van der Waals surface area contributed by atoms with Crippen LogP contribution in [0.1, 0.15) is 29.8 Å². The number of aromatic amines is 2. The molecule has 3 unspecified atom stereocenters. The van der Waals surface area contributed by atoms with E-state index in [2.05, 4.69) is 41.8 Å². The molecule has 2 aliphatic rings. The third-order valence-electron chi connectivity index (χ3n) is 7.65. The molecule has 11 nitrogen and oxygen atoms in total. The number of nitrogens with zero attached hydrogens (tertiary/aromatic N) is 7. The van der Waals surface area contributed by atoms with E-state index < -0.39 is 0 Å². The van der Waals surface area contributed by atoms with Gasteiger partial charge in [-0.3, -0.25) is 9.89 Å². The Morgan fingerprint density at radius 1 is 1.08 bits per heavy atom. The van der Waals surface area contributed by atoms with E-state index in [-0.39, 0.29) is 11.6 Å². The highest BCUT2D eigenvalue weighted by Gasteiger charge is 2.53. The first kappa shape index (κ1) is 21.3. The van der Waals surface area contributed by atoms with Gasteiger partial charge >= 0.3 is 0 Å². The fourth-order valence-corrected chi connectivity index (χ4v) is 6.01. The highest BCUT2D eigenvalue weighted by molar-refractivity contribution is 6.31. The molecule has 1 saturated carbocycles. The number of aromatic nitrogens is 9. The number of benzene rings is 2. The van der Waals surface area contributed by atoms with Crippen LogP contribution in [0.4, 0.5) is 5.82 Å². The van der Waals surface area contributed by atoms with Crippen LogP contribution in [0.25, 0.3) is 39.1 Å². The Bertz CT molecular complexity index is 1940. The summed E-state index contributed by atoms with van der Waals surface area (Å²) in [6.45, 7) is 0. The van der Waals surface area contributed by atoms with Gasteiger partial charge in [-0.15, -0.1) is 5.10 Å². The first-order valence-corrected chi connectivity index (χ1v) is 12.5. The largest absolute Gasteiger partial charge is 0.382 e. The molecule has 0 radical (unpaired) electrons. The van der Waals surface area contributed by atoms with Crippen LogP contribution in [-0.4, -0.2) is 44.9 Å². The van der Waals surface area contributed by atoms with Gasteiger partial charge in [-0.1, -0.05) is 17.7 Å². The number of nitrogens with two attached hydrogens (primary N) is 1. The number of nitrogens with one attached hydrogen (secondary N) is 2. The molecule has 0 spiro atoms. The van der Waals surface area contributed by atoms with Gasteiger partial charge in [0, 0.05) is 39.2 Å². The maximum Gasteiger partial charge on any atom is 0.251 e. The van der Waals surface area contributed by atoms with Crippen molar-refractivity contribution in [2.75, 3.05) is 5.73 Å². The second-order valence-electron chi connectivity index (χ2n) is 9.80. The van der Waals surface area contributed by atoms with Gasteiger partial charge in [-0.2, -0.15) is 9.78 Å². The van der Waals surface area contributed by atoms with Gasteiger partial charge in [-0.05, 0) is 64.7 Å². The van der Waals surface area contributed by atoms with Crippen molar-refractivity contribution in [2.45, 2.75) is 18.4 Å². The molecule has 0 saturated heterocycles. The number of fused-ring (bicyclic) bond motifs is 4. The second kappa shape index (κ2) is 7.62. The minimum atomic E-state index is -0.0947. The molecule has 1 fully saturated rings. The third kappa shape index (κ3) is 3.08. The van der Waals surface area contributed by atoms with Crippen LogP contribution in [0.3, 0.4) is 0 Å². The average Bonchev–Trinajstić information content (AvgIpc) is 3.35. The molecule has 5 heterocycles. The van der Waals surface area contributed by atoms with Gasteiger partial charge < -0.3 is 15.3 Å². The molecule has 1 aliphatic carbocycles. The highest BCUT2D eigenvalue weighted by Crippen LogP contribution is 2.60.